The third-order valence-electron chi connectivity index (χ3n) is 4.17. The van der Waals surface area contributed by atoms with Crippen LogP contribution in [0.2, 0.25) is 0 Å². The van der Waals surface area contributed by atoms with Crippen LogP contribution in [0.25, 0.3) is 22.2 Å². The highest BCUT2D eigenvalue weighted by Crippen LogP contribution is 2.29. The Morgan fingerprint density at radius 3 is 2.52 bits per heavy atom. The summed E-state index contributed by atoms with van der Waals surface area (Å²) in [5.74, 6) is 1.50. The Hall–Kier alpha value is -2.74. The molecule has 2 bridgehead atoms. The number of ether oxygens (including phenoxy) is 2. The molecule has 25 heavy (non-hydrogen) atoms. The van der Waals surface area contributed by atoms with Crippen LogP contribution in [0.3, 0.4) is 0 Å². The number of nitrogens with zero attached hydrogens (tertiary/aromatic N) is 3. The normalized spacial score (nSPS) is 16.0. The second kappa shape index (κ2) is 5.96. The van der Waals surface area contributed by atoms with Crippen LogP contribution in [0, 0.1) is 0 Å². The molecule has 0 radical (unpaired) electrons. The van der Waals surface area contributed by atoms with Crippen LogP contribution in [-0.2, 0) is 17.3 Å². The molecule has 1 aliphatic rings. The largest absolute Gasteiger partial charge is 0.497 e. The van der Waals surface area contributed by atoms with Crippen molar-refractivity contribution >= 4 is 21.8 Å². The first-order chi connectivity index (χ1) is 12.1. The van der Waals surface area contributed by atoms with Gasteiger partial charge >= 0.3 is 0 Å². The van der Waals surface area contributed by atoms with E-state index < -0.39 is 10.8 Å². The van der Waals surface area contributed by atoms with Gasteiger partial charge in [0.25, 0.3) is 5.56 Å². The summed E-state index contributed by atoms with van der Waals surface area (Å²) in [4.78, 5) is 21.5. The number of rotatable bonds is 3. The lowest BCUT2D eigenvalue weighted by molar-refractivity contribution is 0.394. The van der Waals surface area contributed by atoms with Crippen molar-refractivity contribution in [2.75, 3.05) is 20.0 Å². The maximum atomic E-state index is 13.0. The first-order valence-corrected chi connectivity index (χ1v) is 8.95. The second-order valence-corrected chi connectivity index (χ2v) is 7.06. The number of benzene rings is 1. The molecule has 4 rings (SSSR count). The minimum atomic E-state index is -1.29. The lowest BCUT2D eigenvalue weighted by Crippen LogP contribution is -2.23. The minimum Gasteiger partial charge on any atom is -0.497 e. The lowest BCUT2D eigenvalue weighted by atomic mass is 10.1. The van der Waals surface area contributed by atoms with E-state index in [-0.39, 0.29) is 10.7 Å². The molecule has 0 amide bonds. The topological polar surface area (TPSA) is 83.3 Å². The summed E-state index contributed by atoms with van der Waals surface area (Å²) in [5.41, 5.74) is 1.50. The Labute approximate surface area is 145 Å². The van der Waals surface area contributed by atoms with Crippen molar-refractivity contribution in [3.8, 4) is 22.6 Å². The number of hydrogen-bond donors (Lipinski definition) is 0. The minimum absolute atomic E-state index is 0.189. The van der Waals surface area contributed by atoms with Crippen molar-refractivity contribution in [3.63, 3.8) is 0 Å². The van der Waals surface area contributed by atoms with Crippen molar-refractivity contribution in [2.24, 2.45) is 0 Å². The molecule has 0 saturated heterocycles. The molecule has 3 heterocycles. The molecule has 1 aliphatic heterocycles. The van der Waals surface area contributed by atoms with Gasteiger partial charge in [0.1, 0.15) is 17.1 Å². The number of aromatic nitrogens is 3. The fourth-order valence-corrected chi connectivity index (χ4v) is 3.79. The van der Waals surface area contributed by atoms with Crippen molar-refractivity contribution in [2.45, 2.75) is 11.7 Å². The van der Waals surface area contributed by atoms with Gasteiger partial charge in [-0.3, -0.25) is 13.6 Å². The van der Waals surface area contributed by atoms with Crippen LogP contribution in [-0.4, -0.2) is 38.7 Å². The van der Waals surface area contributed by atoms with Gasteiger partial charge in [-0.15, -0.1) is 0 Å². The van der Waals surface area contributed by atoms with Gasteiger partial charge < -0.3 is 9.47 Å². The Balaban J connectivity index is 2.00. The maximum absolute atomic E-state index is 13.0. The van der Waals surface area contributed by atoms with Crippen LogP contribution in [0.1, 0.15) is 0 Å². The second-order valence-electron chi connectivity index (χ2n) is 5.60. The van der Waals surface area contributed by atoms with Crippen molar-refractivity contribution < 1.29 is 13.7 Å². The fourth-order valence-electron chi connectivity index (χ4n) is 2.90. The van der Waals surface area contributed by atoms with Crippen LogP contribution in [0.15, 0.2) is 40.4 Å². The average Bonchev–Trinajstić information content (AvgIpc) is 2.79. The Bertz CT molecular complexity index is 1060. The molecule has 128 valence electrons. The van der Waals surface area contributed by atoms with Crippen molar-refractivity contribution in [1.82, 2.24) is 14.5 Å². The molecule has 8 heteroatoms. The van der Waals surface area contributed by atoms with E-state index in [1.165, 1.54) is 0 Å². The Kier molecular flexibility index (Phi) is 3.76. The molecule has 1 atom stereocenters. The highest BCUT2D eigenvalue weighted by atomic mass is 32.2. The fraction of sp³-hybridized carbons (Fsp3) is 0.235. The smallest absolute Gasteiger partial charge is 0.260 e. The molecule has 1 aromatic carbocycles. The predicted octanol–water partition coefficient (Wildman–Crippen LogP) is 1.60. The van der Waals surface area contributed by atoms with E-state index in [4.69, 9.17) is 9.47 Å². The molecule has 2 aromatic heterocycles. The monoisotopic (exact) mass is 357 g/mol. The van der Waals surface area contributed by atoms with Gasteiger partial charge in [-0.25, -0.2) is 9.97 Å². The van der Waals surface area contributed by atoms with Crippen LogP contribution >= 0.6 is 0 Å². The molecule has 0 N–H and O–H groups in total. The number of fused-ring (bicyclic) bond motifs is 1. The lowest BCUT2D eigenvalue weighted by Gasteiger charge is -2.11. The zero-order valence-corrected chi connectivity index (χ0v) is 14.5. The summed E-state index contributed by atoms with van der Waals surface area (Å²) in [6.07, 6.45) is 1.61. The van der Waals surface area contributed by atoms with Gasteiger partial charge in [0.05, 0.1) is 25.0 Å². The average molecular weight is 357 g/mol. The quantitative estimate of drug-likeness (QED) is 0.662. The standard InChI is InChI=1S/C17H15N3O4S/c1-23-12-5-10(6-13(8-12)24-2)14-7-11-9-18-17-19-15(11)20(16(14)21)3-4-25(17)22/h5-9H,3-4H2,1-2H3. The van der Waals surface area contributed by atoms with E-state index in [2.05, 4.69) is 9.97 Å². The number of pyridine rings is 1. The maximum Gasteiger partial charge on any atom is 0.260 e. The van der Waals surface area contributed by atoms with E-state index in [0.717, 1.165) is 5.39 Å². The van der Waals surface area contributed by atoms with Gasteiger partial charge in [0.2, 0.25) is 5.16 Å². The molecule has 0 saturated carbocycles. The van der Waals surface area contributed by atoms with Crippen molar-refractivity contribution in [1.29, 1.82) is 0 Å². The third kappa shape index (κ3) is 2.58. The van der Waals surface area contributed by atoms with E-state index in [1.54, 1.807) is 49.2 Å². The van der Waals surface area contributed by atoms with Crippen LogP contribution < -0.4 is 15.0 Å². The summed E-state index contributed by atoms with van der Waals surface area (Å²) in [7, 11) is 1.83. The SMILES string of the molecule is COc1cc(OC)cc(-c2cc3cnc4nc3n(c2=O)CCS4=O)c1. The molecule has 0 fully saturated rings. The molecule has 7 nitrogen and oxygen atoms in total. The van der Waals surface area contributed by atoms with Gasteiger partial charge in [-0.1, -0.05) is 0 Å². The molecular formula is C17H15N3O4S. The van der Waals surface area contributed by atoms with E-state index >= 15 is 0 Å². The number of aryl methyl sites for hydroxylation is 1. The van der Waals surface area contributed by atoms with Crippen LogP contribution in [0.5, 0.6) is 11.5 Å². The number of hydrogen-bond acceptors (Lipinski definition) is 6. The van der Waals surface area contributed by atoms with Gasteiger partial charge in [-0.2, -0.15) is 0 Å². The van der Waals surface area contributed by atoms with E-state index in [0.29, 0.717) is 40.6 Å². The first kappa shape index (κ1) is 15.8. The van der Waals surface area contributed by atoms with E-state index in [1.807, 2.05) is 0 Å². The summed E-state index contributed by atoms with van der Waals surface area (Å²) in [6.45, 7) is 0.332. The van der Waals surface area contributed by atoms with Gasteiger partial charge in [-0.05, 0) is 23.8 Å². The zero-order chi connectivity index (χ0) is 17.6. The van der Waals surface area contributed by atoms with E-state index in [9.17, 15) is 9.00 Å². The Morgan fingerprint density at radius 1 is 1.12 bits per heavy atom. The highest BCUT2D eigenvalue weighted by Gasteiger charge is 2.20. The highest BCUT2D eigenvalue weighted by molar-refractivity contribution is 7.84. The molecule has 1 unspecified atom stereocenters. The van der Waals surface area contributed by atoms with Gasteiger partial charge in [0, 0.05) is 35.5 Å². The summed E-state index contributed by atoms with van der Waals surface area (Å²) >= 11 is 0. The summed E-state index contributed by atoms with van der Waals surface area (Å²) in [6, 6.07) is 7.06. The first-order valence-electron chi connectivity index (χ1n) is 7.63. The Morgan fingerprint density at radius 2 is 1.84 bits per heavy atom. The van der Waals surface area contributed by atoms with Crippen LogP contribution in [0.4, 0.5) is 0 Å². The molecule has 0 spiro atoms. The number of methoxy groups -OCH3 is 2. The molecule has 0 aliphatic carbocycles. The molecule has 3 aromatic rings. The predicted molar refractivity (Wildman–Crippen MR) is 93.6 cm³/mol. The third-order valence-corrected chi connectivity index (χ3v) is 5.33. The van der Waals surface area contributed by atoms with Crippen molar-refractivity contribution in [3.05, 3.63) is 40.8 Å². The summed E-state index contributed by atoms with van der Waals surface area (Å²) in [5, 5.41) is 0.994. The zero-order valence-electron chi connectivity index (χ0n) is 13.7. The molecular weight excluding hydrogens is 342 g/mol. The van der Waals surface area contributed by atoms with Gasteiger partial charge in [0.15, 0.2) is 0 Å². The summed E-state index contributed by atoms with van der Waals surface area (Å²) < 4.78 is 24.2.